The summed E-state index contributed by atoms with van der Waals surface area (Å²) in [6, 6.07) is 13.1. The van der Waals surface area contributed by atoms with E-state index < -0.39 is 5.97 Å². The molecular weight excluding hydrogens is 458 g/mol. The predicted octanol–water partition coefficient (Wildman–Crippen LogP) is 3.30. The summed E-state index contributed by atoms with van der Waals surface area (Å²) < 4.78 is 5.81. The Morgan fingerprint density at radius 3 is 2.72 bits per heavy atom. The number of hydrogen-bond acceptors (Lipinski definition) is 8. The second kappa shape index (κ2) is 10.4. The van der Waals surface area contributed by atoms with Crippen LogP contribution in [0.15, 0.2) is 42.5 Å². The normalized spacial score (nSPS) is 14.4. The van der Waals surface area contributed by atoms with E-state index in [4.69, 9.17) is 16.3 Å². The molecule has 2 heterocycles. The standard InChI is InChI=1S/C27H33N5O4/c1-16-4-5-18(21(13-26(34)35)20-6-7-23(31(3)29)27(28)17(20)2)12-19(16)14-32-10-11-36-24-8-9-25(33)30-22(24)15-32/h4-9,12,21H,10-11,13-15,28-29H2,1-3H3,(H,30,33)(H,34,35)/t21-/m1/s1. The van der Waals surface area contributed by atoms with Gasteiger partial charge in [0.25, 0.3) is 0 Å². The zero-order valence-corrected chi connectivity index (χ0v) is 20.9. The summed E-state index contributed by atoms with van der Waals surface area (Å²) in [4.78, 5) is 18.3. The first-order chi connectivity index (χ1) is 17.1. The van der Waals surface area contributed by atoms with Crippen LogP contribution in [0.1, 0.15) is 45.8 Å². The van der Waals surface area contributed by atoms with Gasteiger partial charge in [0.1, 0.15) is 18.1 Å². The maximum Gasteiger partial charge on any atom is 0.304 e. The Balaban J connectivity index is 1.67. The Morgan fingerprint density at radius 2 is 2.00 bits per heavy atom. The predicted molar refractivity (Wildman–Crippen MR) is 139 cm³/mol. The number of ether oxygens (including phenoxy) is 1. The molecule has 1 atom stereocenters. The van der Waals surface area contributed by atoms with Gasteiger partial charge in [0.05, 0.1) is 17.8 Å². The lowest BCUT2D eigenvalue weighted by Gasteiger charge is -2.25. The van der Waals surface area contributed by atoms with Crippen molar-refractivity contribution < 1.29 is 19.7 Å². The number of carbonyl (C=O) groups is 1. The maximum absolute atomic E-state index is 11.9. The van der Waals surface area contributed by atoms with Gasteiger partial charge in [-0.05, 0) is 53.8 Å². The van der Waals surface area contributed by atoms with E-state index in [2.05, 4.69) is 16.0 Å². The number of aliphatic carboxylic acids is 1. The molecule has 0 aliphatic carbocycles. The van der Waals surface area contributed by atoms with Crippen molar-refractivity contribution in [3.8, 4) is 11.6 Å². The molecule has 190 valence electrons. The molecular formula is C27H33N5O4. The fraction of sp³-hybridized carbons (Fsp3) is 0.333. The summed E-state index contributed by atoms with van der Waals surface area (Å²) in [7, 11) is 1.72. The largest absolute Gasteiger partial charge is 0.493 e. The lowest BCUT2D eigenvalue weighted by molar-refractivity contribution is -0.137. The quantitative estimate of drug-likeness (QED) is 0.223. The van der Waals surface area contributed by atoms with Crippen molar-refractivity contribution in [2.75, 3.05) is 30.9 Å². The number of pyridine rings is 1. The van der Waals surface area contributed by atoms with Crippen LogP contribution in [0.25, 0.3) is 0 Å². The number of fused-ring (bicyclic) bond motifs is 1. The number of anilines is 2. The third-order valence-corrected chi connectivity index (χ3v) is 6.79. The molecule has 0 unspecified atom stereocenters. The monoisotopic (exact) mass is 491 g/mol. The molecule has 0 radical (unpaired) electrons. The van der Waals surface area contributed by atoms with Crippen molar-refractivity contribution in [1.82, 2.24) is 9.88 Å². The number of rotatable bonds is 7. The Bertz CT molecular complexity index is 1280. The van der Waals surface area contributed by atoms with Crippen LogP contribution in [-0.4, -0.2) is 46.3 Å². The zero-order valence-electron chi connectivity index (χ0n) is 20.9. The fourth-order valence-corrected chi connectivity index (χ4v) is 4.75. The van der Waals surface area contributed by atoms with Gasteiger partial charge in [0.15, 0.2) is 0 Å². The molecule has 0 spiro atoms. The number of aromatic nitrogens is 1. The molecule has 1 aliphatic heterocycles. The van der Waals surface area contributed by atoms with Crippen LogP contribution in [-0.2, 0) is 17.9 Å². The van der Waals surface area contributed by atoms with Crippen LogP contribution >= 0.6 is 0 Å². The summed E-state index contributed by atoms with van der Waals surface area (Å²) in [6.07, 6.45) is -0.0608. The van der Waals surface area contributed by atoms with Crippen molar-refractivity contribution in [2.24, 2.45) is 5.84 Å². The van der Waals surface area contributed by atoms with Crippen molar-refractivity contribution in [3.63, 3.8) is 0 Å². The van der Waals surface area contributed by atoms with E-state index in [-0.39, 0.29) is 18.2 Å². The number of nitrogens with zero attached hydrogens (tertiary/aromatic N) is 3. The molecule has 3 aromatic rings. The Hall–Kier alpha value is -3.82. The van der Waals surface area contributed by atoms with Gasteiger partial charge in [-0.15, -0.1) is 0 Å². The number of carboxylic acids is 1. The van der Waals surface area contributed by atoms with E-state index in [1.54, 1.807) is 13.1 Å². The van der Waals surface area contributed by atoms with E-state index >= 15 is 0 Å². The first kappa shape index (κ1) is 25.3. The minimum Gasteiger partial charge on any atom is -0.493 e. The highest BCUT2D eigenvalue weighted by molar-refractivity contribution is 5.74. The summed E-state index contributed by atoms with van der Waals surface area (Å²) in [6.45, 7) is 6.34. The Labute approximate surface area is 210 Å². The number of aromatic hydroxyl groups is 1. The van der Waals surface area contributed by atoms with Crippen LogP contribution < -0.4 is 21.3 Å². The summed E-state index contributed by atoms with van der Waals surface area (Å²) in [5.74, 6) is 5.30. The fourth-order valence-electron chi connectivity index (χ4n) is 4.75. The second-order valence-electron chi connectivity index (χ2n) is 9.33. The molecule has 0 bridgehead atoms. The molecule has 9 nitrogen and oxygen atoms in total. The summed E-state index contributed by atoms with van der Waals surface area (Å²) in [5.41, 5.74) is 13.1. The van der Waals surface area contributed by atoms with Crippen LogP contribution in [0, 0.1) is 13.8 Å². The molecule has 1 aliphatic rings. The number of nitrogens with two attached hydrogens (primary N) is 2. The van der Waals surface area contributed by atoms with E-state index in [9.17, 15) is 15.0 Å². The van der Waals surface area contributed by atoms with Gasteiger partial charge in [0, 0.05) is 38.7 Å². The van der Waals surface area contributed by atoms with Crippen molar-refractivity contribution in [3.05, 3.63) is 76.0 Å². The van der Waals surface area contributed by atoms with Gasteiger partial charge in [-0.3, -0.25) is 9.69 Å². The molecule has 4 rings (SSSR count). The molecule has 9 heteroatoms. The van der Waals surface area contributed by atoms with Crippen LogP contribution in [0.5, 0.6) is 11.6 Å². The van der Waals surface area contributed by atoms with E-state index in [1.807, 2.05) is 38.1 Å². The smallest absolute Gasteiger partial charge is 0.304 e. The average molecular weight is 492 g/mol. The second-order valence-corrected chi connectivity index (χ2v) is 9.33. The van der Waals surface area contributed by atoms with Crippen molar-refractivity contribution in [1.29, 1.82) is 0 Å². The average Bonchev–Trinajstić information content (AvgIpc) is 3.01. The number of nitrogen functional groups attached to an aromatic ring is 1. The zero-order chi connectivity index (χ0) is 26.0. The lowest BCUT2D eigenvalue weighted by Crippen LogP contribution is -2.26. The Morgan fingerprint density at radius 1 is 1.22 bits per heavy atom. The molecule has 0 saturated carbocycles. The SMILES string of the molecule is Cc1ccc([C@@H](CC(=O)O)c2ccc(N(C)N)c(N)c2C)cc1CN1CCOc2ccc(O)nc2C1. The van der Waals surface area contributed by atoms with E-state index in [0.29, 0.717) is 49.1 Å². The molecule has 2 aromatic carbocycles. The van der Waals surface area contributed by atoms with Gasteiger partial charge >= 0.3 is 5.97 Å². The topological polar surface area (TPSA) is 138 Å². The minimum atomic E-state index is -0.882. The number of hydrazine groups is 1. The number of hydrogen-bond donors (Lipinski definition) is 4. The molecule has 0 amide bonds. The van der Waals surface area contributed by atoms with Gasteiger partial charge < -0.3 is 25.7 Å². The molecule has 0 saturated heterocycles. The number of aryl methyl sites for hydroxylation is 1. The van der Waals surface area contributed by atoms with Gasteiger partial charge in [-0.25, -0.2) is 10.8 Å². The van der Waals surface area contributed by atoms with Crippen LogP contribution in [0.3, 0.4) is 0 Å². The van der Waals surface area contributed by atoms with Gasteiger partial charge in [-0.2, -0.15) is 0 Å². The van der Waals surface area contributed by atoms with Crippen molar-refractivity contribution in [2.45, 2.75) is 39.3 Å². The molecule has 6 N–H and O–H groups in total. The highest BCUT2D eigenvalue weighted by Gasteiger charge is 2.24. The van der Waals surface area contributed by atoms with Crippen molar-refractivity contribution >= 4 is 17.3 Å². The van der Waals surface area contributed by atoms with E-state index in [0.717, 1.165) is 27.8 Å². The third-order valence-electron chi connectivity index (χ3n) is 6.79. The lowest BCUT2D eigenvalue weighted by atomic mass is 9.84. The van der Waals surface area contributed by atoms with Gasteiger partial charge in [-0.1, -0.05) is 24.3 Å². The summed E-state index contributed by atoms with van der Waals surface area (Å²) in [5, 5.41) is 21.0. The highest BCUT2D eigenvalue weighted by Crippen LogP contribution is 2.37. The highest BCUT2D eigenvalue weighted by atomic mass is 16.5. The first-order valence-corrected chi connectivity index (χ1v) is 11.9. The maximum atomic E-state index is 11.9. The van der Waals surface area contributed by atoms with Crippen LogP contribution in [0.2, 0.25) is 0 Å². The third kappa shape index (κ3) is 5.37. The number of benzene rings is 2. The summed E-state index contributed by atoms with van der Waals surface area (Å²) >= 11 is 0. The Kier molecular flexibility index (Phi) is 7.32. The number of carboxylic acid groups (broad SMARTS) is 1. The van der Waals surface area contributed by atoms with Crippen LogP contribution in [0.4, 0.5) is 11.4 Å². The molecule has 1 aromatic heterocycles. The van der Waals surface area contributed by atoms with E-state index in [1.165, 1.54) is 11.1 Å². The molecule has 0 fully saturated rings. The molecule has 36 heavy (non-hydrogen) atoms. The van der Waals surface area contributed by atoms with Gasteiger partial charge in [0.2, 0.25) is 5.88 Å². The minimum absolute atomic E-state index is 0.0321. The first-order valence-electron chi connectivity index (χ1n) is 11.9.